The maximum Gasteiger partial charge on any atom is 0.416 e. The predicted octanol–water partition coefficient (Wildman–Crippen LogP) is 5.05. The van der Waals surface area contributed by atoms with Gasteiger partial charge in [-0.15, -0.1) is 0 Å². The van der Waals surface area contributed by atoms with Gasteiger partial charge in [-0.05, 0) is 48.0 Å². The van der Waals surface area contributed by atoms with Crippen molar-refractivity contribution in [3.63, 3.8) is 0 Å². The number of ether oxygens (including phenoxy) is 1. The van der Waals surface area contributed by atoms with E-state index in [-0.39, 0.29) is 16.9 Å². The summed E-state index contributed by atoms with van der Waals surface area (Å²) in [5.74, 6) is -1.84. The molecule has 0 unspecified atom stereocenters. The molecule has 0 aliphatic carbocycles. The summed E-state index contributed by atoms with van der Waals surface area (Å²) in [6.45, 7) is -0.405. The smallest absolute Gasteiger partial charge is 0.416 e. The lowest BCUT2D eigenvalue weighted by Crippen LogP contribution is -2.27. The number of carbonyl (C=O) groups is 2. The third kappa shape index (κ3) is 6.67. The SMILES string of the molecule is O=C(O)/C(=C\c1cccc(OCc2ccc(C(F)(F)F)cc2[N+](=O)[O-])c1)NC(=O)c1ccccc1. The van der Waals surface area contributed by atoms with Gasteiger partial charge in [0, 0.05) is 11.6 Å². The average Bonchev–Trinajstić information content (AvgIpc) is 2.82. The Morgan fingerprint density at radius 1 is 1.03 bits per heavy atom. The number of nitrogens with one attached hydrogen (secondary N) is 1. The second-order valence-corrected chi connectivity index (χ2v) is 7.14. The Bertz CT molecular complexity index is 1290. The van der Waals surface area contributed by atoms with E-state index >= 15 is 0 Å². The normalized spacial score (nSPS) is 11.6. The number of nitro groups is 1. The van der Waals surface area contributed by atoms with E-state index in [1.165, 1.54) is 42.5 Å². The fraction of sp³-hybridized carbons (Fsp3) is 0.0833. The first kappa shape index (κ1) is 25.0. The standard InChI is InChI=1S/C24H17F3N2O6/c25-24(26,27)18-10-9-17(21(13-18)29(33)34)14-35-19-8-4-5-15(11-19)12-20(23(31)32)28-22(30)16-6-2-1-3-7-16/h1-13H,14H2,(H,28,30)(H,31,32)/b20-12+. The molecule has 180 valence electrons. The van der Waals surface area contributed by atoms with Gasteiger partial charge >= 0.3 is 12.1 Å². The zero-order chi connectivity index (χ0) is 25.6. The summed E-state index contributed by atoms with van der Waals surface area (Å²) in [4.78, 5) is 34.2. The fourth-order valence-corrected chi connectivity index (χ4v) is 2.99. The van der Waals surface area contributed by atoms with E-state index in [9.17, 15) is 38.0 Å². The number of rotatable bonds is 8. The molecule has 0 spiro atoms. The summed E-state index contributed by atoms with van der Waals surface area (Å²) in [7, 11) is 0. The van der Waals surface area contributed by atoms with Gasteiger partial charge in [-0.2, -0.15) is 13.2 Å². The van der Waals surface area contributed by atoms with Crippen LogP contribution in [0.3, 0.4) is 0 Å². The van der Waals surface area contributed by atoms with Crippen LogP contribution in [0.1, 0.15) is 27.0 Å². The number of aliphatic carboxylic acids is 1. The number of nitro benzene ring substituents is 1. The number of nitrogens with zero attached hydrogens (tertiary/aromatic N) is 1. The Morgan fingerprint density at radius 3 is 2.37 bits per heavy atom. The van der Waals surface area contributed by atoms with Gasteiger partial charge < -0.3 is 15.2 Å². The molecule has 0 aliphatic heterocycles. The molecule has 11 heteroatoms. The Kier molecular flexibility index (Phi) is 7.49. The lowest BCUT2D eigenvalue weighted by Gasteiger charge is -2.11. The molecule has 3 aromatic carbocycles. The quantitative estimate of drug-likeness (QED) is 0.261. The van der Waals surface area contributed by atoms with Gasteiger partial charge in [0.05, 0.1) is 16.1 Å². The maximum atomic E-state index is 12.9. The molecule has 0 radical (unpaired) electrons. The third-order valence-corrected chi connectivity index (χ3v) is 4.69. The molecule has 0 saturated carbocycles. The van der Waals surface area contributed by atoms with Gasteiger partial charge in [0.1, 0.15) is 18.1 Å². The van der Waals surface area contributed by atoms with Gasteiger partial charge in [0.25, 0.3) is 11.6 Å². The summed E-state index contributed by atoms with van der Waals surface area (Å²) < 4.78 is 44.1. The predicted molar refractivity (Wildman–Crippen MR) is 118 cm³/mol. The van der Waals surface area contributed by atoms with E-state index in [1.807, 2.05) is 0 Å². The van der Waals surface area contributed by atoms with E-state index in [4.69, 9.17) is 4.74 Å². The zero-order valence-electron chi connectivity index (χ0n) is 17.8. The number of alkyl halides is 3. The molecule has 1 amide bonds. The largest absolute Gasteiger partial charge is 0.489 e. The molecule has 8 nitrogen and oxygen atoms in total. The Balaban J connectivity index is 1.78. The summed E-state index contributed by atoms with van der Waals surface area (Å²) >= 11 is 0. The molecule has 0 aromatic heterocycles. The Hall–Kier alpha value is -4.67. The lowest BCUT2D eigenvalue weighted by molar-refractivity contribution is -0.386. The molecule has 0 heterocycles. The minimum atomic E-state index is -4.73. The van der Waals surface area contributed by atoms with Gasteiger partial charge in [-0.25, -0.2) is 4.79 Å². The highest BCUT2D eigenvalue weighted by Gasteiger charge is 2.33. The first-order valence-electron chi connectivity index (χ1n) is 9.93. The van der Waals surface area contributed by atoms with E-state index in [2.05, 4.69) is 5.32 Å². The van der Waals surface area contributed by atoms with E-state index in [0.717, 1.165) is 12.1 Å². The number of benzene rings is 3. The first-order valence-corrected chi connectivity index (χ1v) is 9.93. The van der Waals surface area contributed by atoms with Crippen LogP contribution in [0.15, 0.2) is 78.5 Å². The van der Waals surface area contributed by atoms with Crippen LogP contribution >= 0.6 is 0 Å². The maximum absolute atomic E-state index is 12.9. The van der Waals surface area contributed by atoms with Crippen molar-refractivity contribution in [1.29, 1.82) is 0 Å². The number of carboxylic acid groups (broad SMARTS) is 1. The summed E-state index contributed by atoms with van der Waals surface area (Å²) in [6.07, 6.45) is -3.54. The molecule has 35 heavy (non-hydrogen) atoms. The lowest BCUT2D eigenvalue weighted by atomic mass is 10.1. The van der Waals surface area contributed by atoms with Crippen LogP contribution in [0.2, 0.25) is 0 Å². The summed E-state index contributed by atoms with van der Waals surface area (Å²) in [5, 5.41) is 23.0. The van der Waals surface area contributed by atoms with Crippen molar-refractivity contribution in [2.24, 2.45) is 0 Å². The Morgan fingerprint density at radius 2 is 1.74 bits per heavy atom. The van der Waals surface area contributed by atoms with Crippen molar-refractivity contribution >= 4 is 23.6 Å². The number of carbonyl (C=O) groups excluding carboxylic acids is 1. The van der Waals surface area contributed by atoms with Gasteiger partial charge in [-0.1, -0.05) is 30.3 Å². The average molecular weight is 486 g/mol. The van der Waals surface area contributed by atoms with Crippen LogP contribution in [-0.4, -0.2) is 21.9 Å². The number of amides is 1. The topological polar surface area (TPSA) is 119 Å². The third-order valence-electron chi connectivity index (χ3n) is 4.69. The van der Waals surface area contributed by atoms with Crippen LogP contribution in [0.25, 0.3) is 6.08 Å². The van der Waals surface area contributed by atoms with E-state index < -0.39 is 46.5 Å². The van der Waals surface area contributed by atoms with Crippen molar-refractivity contribution in [1.82, 2.24) is 5.32 Å². The second-order valence-electron chi connectivity index (χ2n) is 7.14. The fourth-order valence-electron chi connectivity index (χ4n) is 2.99. The van der Waals surface area contributed by atoms with Crippen molar-refractivity contribution in [2.45, 2.75) is 12.8 Å². The second kappa shape index (κ2) is 10.5. The molecule has 0 aliphatic rings. The zero-order valence-corrected chi connectivity index (χ0v) is 17.8. The highest BCUT2D eigenvalue weighted by Crippen LogP contribution is 2.33. The van der Waals surface area contributed by atoms with E-state index in [0.29, 0.717) is 11.6 Å². The van der Waals surface area contributed by atoms with Crippen LogP contribution in [0.5, 0.6) is 5.75 Å². The number of carboxylic acids is 1. The molecule has 3 rings (SSSR count). The highest BCUT2D eigenvalue weighted by molar-refractivity contribution is 6.02. The molecular weight excluding hydrogens is 469 g/mol. The molecule has 0 atom stereocenters. The summed E-state index contributed by atoms with van der Waals surface area (Å²) in [6, 6.07) is 16.1. The first-order chi connectivity index (χ1) is 16.5. The number of hydrogen-bond acceptors (Lipinski definition) is 5. The monoisotopic (exact) mass is 486 g/mol. The van der Waals surface area contributed by atoms with Crippen molar-refractivity contribution in [3.8, 4) is 5.75 Å². The van der Waals surface area contributed by atoms with E-state index in [1.54, 1.807) is 18.2 Å². The minimum absolute atomic E-state index is 0.0784. The summed E-state index contributed by atoms with van der Waals surface area (Å²) in [5.41, 5.74) is -1.80. The molecular formula is C24H17F3N2O6. The van der Waals surface area contributed by atoms with Crippen LogP contribution in [0.4, 0.5) is 18.9 Å². The minimum Gasteiger partial charge on any atom is -0.489 e. The van der Waals surface area contributed by atoms with Crippen molar-refractivity contribution < 1.29 is 37.5 Å². The highest BCUT2D eigenvalue weighted by atomic mass is 19.4. The van der Waals surface area contributed by atoms with Gasteiger partial charge in [0.2, 0.25) is 0 Å². The van der Waals surface area contributed by atoms with Crippen LogP contribution in [0, 0.1) is 10.1 Å². The molecule has 0 saturated heterocycles. The van der Waals surface area contributed by atoms with Crippen molar-refractivity contribution in [3.05, 3.63) is 111 Å². The van der Waals surface area contributed by atoms with Gasteiger partial charge in [-0.3, -0.25) is 14.9 Å². The Labute approximate surface area is 196 Å². The van der Waals surface area contributed by atoms with Crippen molar-refractivity contribution in [2.75, 3.05) is 0 Å². The van der Waals surface area contributed by atoms with Gasteiger partial charge in [0.15, 0.2) is 0 Å². The molecule has 0 fully saturated rings. The number of halogens is 3. The molecule has 2 N–H and O–H groups in total. The van der Waals surface area contributed by atoms with Crippen LogP contribution < -0.4 is 10.1 Å². The van der Waals surface area contributed by atoms with Crippen LogP contribution in [-0.2, 0) is 17.6 Å². The number of hydrogen-bond donors (Lipinski definition) is 2. The molecule has 0 bridgehead atoms. The molecule has 3 aromatic rings.